The Morgan fingerprint density at radius 3 is 2.50 bits per heavy atom. The van der Waals surface area contributed by atoms with E-state index < -0.39 is 57.3 Å². The maximum atomic E-state index is 13.9. The third-order valence-corrected chi connectivity index (χ3v) is 8.42. The summed E-state index contributed by atoms with van der Waals surface area (Å²) >= 11 is 0. The number of hydrogen-bond donors (Lipinski definition) is 4. The Labute approximate surface area is 256 Å². The van der Waals surface area contributed by atoms with Gasteiger partial charge in [0.25, 0.3) is 5.91 Å². The second-order valence-corrected chi connectivity index (χ2v) is 12.8. The molecule has 1 amide bonds. The van der Waals surface area contributed by atoms with Gasteiger partial charge in [0.15, 0.2) is 9.84 Å². The van der Waals surface area contributed by atoms with Crippen LogP contribution in [-0.2, 0) is 32.3 Å². The van der Waals surface area contributed by atoms with Crippen LogP contribution in [0.4, 0.5) is 8.78 Å². The Kier molecular flexibility index (Phi) is 12.6. The van der Waals surface area contributed by atoms with Crippen LogP contribution in [0, 0.1) is 30.9 Å². The van der Waals surface area contributed by atoms with Crippen LogP contribution < -0.4 is 16.4 Å². The standard InChI is InChI=1S/C31H37F2N5O5S/c1-4-6-10-44(41,42)19-28(36-30(39)27-11-20(3)37-38-27)31(40)43-29(18-35-17-22-9-7-8-21(5-2)12-22)26(34)15-23-13-24(32)16-25(33)14-23/h2,7-9,11-14,16,26,28-29,35H,4,6,10,15,17-19,34H2,1,3H3,(H,36,39)(H,37,38)/t26?,28-,29-/m1/s1. The van der Waals surface area contributed by atoms with Gasteiger partial charge in [-0.05, 0) is 61.2 Å². The normalized spacial score (nSPS) is 13.5. The highest BCUT2D eigenvalue weighted by Crippen LogP contribution is 2.14. The number of benzene rings is 2. The predicted octanol–water partition coefficient (Wildman–Crippen LogP) is 2.56. The average Bonchev–Trinajstić information content (AvgIpc) is 3.41. The Bertz CT molecular complexity index is 1570. The third kappa shape index (κ3) is 10.9. The Hall–Kier alpha value is -4.12. The number of carbonyl (C=O) groups is 2. The number of aryl methyl sites for hydroxylation is 1. The number of terminal acetylenes is 1. The number of H-pyrrole nitrogens is 1. The van der Waals surface area contributed by atoms with Crippen LogP contribution in [0.15, 0.2) is 48.5 Å². The van der Waals surface area contributed by atoms with Crippen molar-refractivity contribution in [3.8, 4) is 12.3 Å². The summed E-state index contributed by atoms with van der Waals surface area (Å²) in [4.78, 5) is 26.4. The van der Waals surface area contributed by atoms with Gasteiger partial charge >= 0.3 is 5.97 Å². The molecule has 2 aromatic carbocycles. The zero-order valence-electron chi connectivity index (χ0n) is 24.6. The highest BCUT2D eigenvalue weighted by molar-refractivity contribution is 7.91. The molecule has 3 rings (SSSR count). The lowest BCUT2D eigenvalue weighted by Gasteiger charge is -2.27. The fraction of sp³-hybridized carbons (Fsp3) is 0.387. The predicted molar refractivity (Wildman–Crippen MR) is 162 cm³/mol. The van der Waals surface area contributed by atoms with E-state index >= 15 is 0 Å². The topological polar surface area (TPSA) is 156 Å². The van der Waals surface area contributed by atoms with Crippen LogP contribution in [-0.4, -0.2) is 66.7 Å². The maximum Gasteiger partial charge on any atom is 0.330 e. The number of aromatic nitrogens is 2. The van der Waals surface area contributed by atoms with Crippen molar-refractivity contribution in [2.75, 3.05) is 18.1 Å². The fourth-order valence-electron chi connectivity index (χ4n) is 4.41. The quantitative estimate of drug-likeness (QED) is 0.139. The molecule has 236 valence electrons. The summed E-state index contributed by atoms with van der Waals surface area (Å²) in [6, 6.07) is 9.08. The van der Waals surface area contributed by atoms with Crippen LogP contribution in [0.25, 0.3) is 0 Å². The van der Waals surface area contributed by atoms with Gasteiger partial charge in [-0.1, -0.05) is 31.4 Å². The lowest BCUT2D eigenvalue weighted by molar-refractivity contribution is -0.151. The molecule has 0 spiro atoms. The number of hydrogen-bond acceptors (Lipinski definition) is 8. The first-order valence-corrected chi connectivity index (χ1v) is 15.9. The smallest absolute Gasteiger partial charge is 0.330 e. The number of sulfone groups is 1. The van der Waals surface area contributed by atoms with E-state index in [2.05, 4.69) is 26.8 Å². The lowest BCUT2D eigenvalue weighted by Crippen LogP contribution is -2.52. The van der Waals surface area contributed by atoms with Crippen molar-refractivity contribution in [3.05, 3.63) is 88.2 Å². The Morgan fingerprint density at radius 2 is 1.86 bits per heavy atom. The number of aromatic amines is 1. The van der Waals surface area contributed by atoms with Gasteiger partial charge in [0.05, 0.1) is 11.5 Å². The zero-order valence-corrected chi connectivity index (χ0v) is 25.4. The molecule has 0 aliphatic carbocycles. The molecule has 3 aromatic rings. The summed E-state index contributed by atoms with van der Waals surface area (Å²) < 4.78 is 59.1. The third-order valence-electron chi connectivity index (χ3n) is 6.67. The SMILES string of the molecule is C#Cc1cccc(CNC[C@@H](OC(=O)[C@@H](CS(=O)(=O)CCCC)NC(=O)c2cc(C)[nH]n2)C(N)Cc2cc(F)cc(F)c2)c1. The second-order valence-electron chi connectivity index (χ2n) is 10.5. The number of unbranched alkanes of at least 4 members (excludes halogenated alkanes) is 1. The fourth-order valence-corrected chi connectivity index (χ4v) is 6.03. The number of nitrogens with one attached hydrogen (secondary N) is 3. The van der Waals surface area contributed by atoms with E-state index in [1.54, 1.807) is 25.1 Å². The van der Waals surface area contributed by atoms with Crippen molar-refractivity contribution in [1.29, 1.82) is 0 Å². The summed E-state index contributed by atoms with van der Waals surface area (Å²) in [7, 11) is -3.77. The first kappa shape index (κ1) is 34.4. The van der Waals surface area contributed by atoms with E-state index in [1.807, 2.05) is 13.0 Å². The summed E-state index contributed by atoms with van der Waals surface area (Å²) in [6.07, 6.45) is 5.31. The van der Waals surface area contributed by atoms with E-state index in [9.17, 15) is 26.8 Å². The maximum absolute atomic E-state index is 13.9. The van der Waals surface area contributed by atoms with Gasteiger partial charge in [-0.15, -0.1) is 6.42 Å². The number of nitrogens with two attached hydrogens (primary N) is 1. The number of ether oxygens (including phenoxy) is 1. The molecule has 10 nitrogen and oxygen atoms in total. The summed E-state index contributed by atoms with van der Waals surface area (Å²) in [5.41, 5.74) is 8.70. The van der Waals surface area contributed by atoms with Gasteiger partial charge in [0.2, 0.25) is 0 Å². The van der Waals surface area contributed by atoms with E-state index in [-0.39, 0.29) is 30.0 Å². The van der Waals surface area contributed by atoms with Gasteiger partial charge in [0.1, 0.15) is 29.5 Å². The van der Waals surface area contributed by atoms with Gasteiger partial charge in [-0.3, -0.25) is 9.89 Å². The first-order valence-electron chi connectivity index (χ1n) is 14.1. The molecule has 1 heterocycles. The largest absolute Gasteiger partial charge is 0.458 e. The highest BCUT2D eigenvalue weighted by Gasteiger charge is 2.32. The highest BCUT2D eigenvalue weighted by atomic mass is 32.2. The van der Waals surface area contributed by atoms with Crippen LogP contribution in [0.5, 0.6) is 0 Å². The summed E-state index contributed by atoms with van der Waals surface area (Å²) in [5.74, 6) is -1.73. The molecule has 0 bridgehead atoms. The Balaban J connectivity index is 1.83. The van der Waals surface area contributed by atoms with Crippen LogP contribution in [0.2, 0.25) is 0 Å². The minimum atomic E-state index is -3.77. The summed E-state index contributed by atoms with van der Waals surface area (Å²) in [6.45, 7) is 3.81. The zero-order chi connectivity index (χ0) is 32.3. The number of amides is 1. The van der Waals surface area contributed by atoms with Gasteiger partial charge in [0, 0.05) is 36.5 Å². The molecule has 0 aliphatic rings. The molecule has 0 saturated carbocycles. The van der Waals surface area contributed by atoms with Gasteiger partial charge in [-0.25, -0.2) is 22.0 Å². The van der Waals surface area contributed by atoms with Gasteiger partial charge < -0.3 is 21.1 Å². The molecule has 44 heavy (non-hydrogen) atoms. The number of esters is 1. The minimum absolute atomic E-state index is 0.00715. The second kappa shape index (κ2) is 16.1. The van der Waals surface area contributed by atoms with Crippen molar-refractivity contribution in [3.63, 3.8) is 0 Å². The molecule has 3 atom stereocenters. The first-order chi connectivity index (χ1) is 20.9. The van der Waals surface area contributed by atoms with E-state index in [4.69, 9.17) is 16.9 Å². The number of carbonyl (C=O) groups excluding carboxylic acids is 2. The molecule has 5 N–H and O–H groups in total. The molecule has 0 saturated heterocycles. The van der Waals surface area contributed by atoms with Crippen molar-refractivity contribution >= 4 is 21.7 Å². The van der Waals surface area contributed by atoms with Crippen LogP contribution in [0.1, 0.15) is 52.6 Å². The lowest BCUT2D eigenvalue weighted by atomic mass is 10.0. The van der Waals surface area contributed by atoms with Crippen LogP contribution in [0.3, 0.4) is 0 Å². The minimum Gasteiger partial charge on any atom is -0.458 e. The Morgan fingerprint density at radius 1 is 1.14 bits per heavy atom. The molecule has 1 unspecified atom stereocenters. The molecule has 0 aliphatic heterocycles. The summed E-state index contributed by atoms with van der Waals surface area (Å²) in [5, 5.41) is 12.0. The molecule has 0 radical (unpaired) electrons. The monoisotopic (exact) mass is 629 g/mol. The van der Waals surface area contributed by atoms with Crippen molar-refractivity contribution in [2.45, 2.75) is 57.8 Å². The molecule has 13 heteroatoms. The molecule has 1 aromatic heterocycles. The average molecular weight is 630 g/mol. The van der Waals surface area contributed by atoms with E-state index in [1.165, 1.54) is 6.07 Å². The van der Waals surface area contributed by atoms with Crippen molar-refractivity contribution < 1.29 is 31.5 Å². The van der Waals surface area contributed by atoms with Gasteiger partial charge in [-0.2, -0.15) is 5.10 Å². The molecule has 0 fully saturated rings. The number of halogens is 2. The van der Waals surface area contributed by atoms with Crippen LogP contribution >= 0.6 is 0 Å². The van der Waals surface area contributed by atoms with Crippen molar-refractivity contribution in [2.24, 2.45) is 5.73 Å². The van der Waals surface area contributed by atoms with Crippen molar-refractivity contribution in [1.82, 2.24) is 20.8 Å². The van der Waals surface area contributed by atoms with E-state index in [0.717, 1.165) is 23.8 Å². The molecular weight excluding hydrogens is 592 g/mol. The number of rotatable bonds is 16. The van der Waals surface area contributed by atoms with E-state index in [0.29, 0.717) is 30.6 Å². The molecular formula is C31H37F2N5O5S. The number of nitrogens with zero attached hydrogens (tertiary/aromatic N) is 1.